The summed E-state index contributed by atoms with van der Waals surface area (Å²) in [7, 11) is 3.74. The Kier molecular flexibility index (Phi) is 5.11. The lowest BCUT2D eigenvalue weighted by Crippen LogP contribution is -2.39. The van der Waals surface area contributed by atoms with Gasteiger partial charge in [0.2, 0.25) is 0 Å². The number of hydrogen-bond donors (Lipinski definition) is 1. The molecule has 0 atom stereocenters. The molecule has 0 aliphatic rings. The number of thiazole rings is 1. The van der Waals surface area contributed by atoms with Gasteiger partial charge in [0.05, 0.1) is 17.2 Å². The largest absolute Gasteiger partial charge is 0.364 e. The van der Waals surface area contributed by atoms with E-state index in [9.17, 15) is 0 Å². The van der Waals surface area contributed by atoms with Gasteiger partial charge in [-0.15, -0.1) is 11.3 Å². The molecule has 2 aromatic heterocycles. The highest BCUT2D eigenvalue weighted by molar-refractivity contribution is 7.09. The van der Waals surface area contributed by atoms with Crippen LogP contribution in [-0.2, 0) is 13.0 Å². The standard InChI is InChI=1S/C13H19N5OS/c1-10-16-12(9-20-10)4-6-15-13(14-2)18(3)8-11-5-7-19-17-11/h5,7,9H,4,6,8H2,1-3H3,(H,14,15). The maximum absolute atomic E-state index is 4.83. The Balaban J connectivity index is 1.80. The second-order valence-corrected chi connectivity index (χ2v) is 5.49. The van der Waals surface area contributed by atoms with Crippen LogP contribution in [0, 0.1) is 6.92 Å². The first-order valence-corrected chi connectivity index (χ1v) is 7.29. The van der Waals surface area contributed by atoms with Gasteiger partial charge in [0.15, 0.2) is 5.96 Å². The molecule has 0 bridgehead atoms. The fourth-order valence-corrected chi connectivity index (χ4v) is 2.49. The number of rotatable bonds is 5. The van der Waals surface area contributed by atoms with Crippen LogP contribution in [0.3, 0.4) is 0 Å². The zero-order valence-electron chi connectivity index (χ0n) is 12.0. The summed E-state index contributed by atoms with van der Waals surface area (Å²) in [5.74, 6) is 0.833. The Labute approximate surface area is 122 Å². The monoisotopic (exact) mass is 293 g/mol. The van der Waals surface area contributed by atoms with Gasteiger partial charge in [0.25, 0.3) is 0 Å². The summed E-state index contributed by atoms with van der Waals surface area (Å²) < 4.78 is 4.83. The van der Waals surface area contributed by atoms with Crippen LogP contribution in [0.1, 0.15) is 16.4 Å². The molecule has 7 heteroatoms. The molecule has 0 radical (unpaired) electrons. The maximum Gasteiger partial charge on any atom is 0.193 e. The third-order valence-corrected chi connectivity index (χ3v) is 3.62. The van der Waals surface area contributed by atoms with Crippen molar-refractivity contribution >= 4 is 17.3 Å². The van der Waals surface area contributed by atoms with Gasteiger partial charge >= 0.3 is 0 Å². The van der Waals surface area contributed by atoms with Gasteiger partial charge in [0, 0.05) is 38.5 Å². The highest BCUT2D eigenvalue weighted by Gasteiger charge is 2.08. The van der Waals surface area contributed by atoms with Crippen LogP contribution in [0.25, 0.3) is 0 Å². The van der Waals surface area contributed by atoms with E-state index < -0.39 is 0 Å². The normalized spacial score (nSPS) is 11.7. The topological polar surface area (TPSA) is 66.6 Å². The molecule has 108 valence electrons. The van der Waals surface area contributed by atoms with Crippen LogP contribution in [0.4, 0.5) is 0 Å². The lowest BCUT2D eigenvalue weighted by molar-refractivity contribution is 0.391. The van der Waals surface area contributed by atoms with E-state index in [4.69, 9.17) is 4.52 Å². The molecule has 0 fully saturated rings. The van der Waals surface area contributed by atoms with Gasteiger partial charge in [-0.05, 0) is 6.92 Å². The van der Waals surface area contributed by atoms with Gasteiger partial charge in [-0.1, -0.05) is 5.16 Å². The van der Waals surface area contributed by atoms with Crippen molar-refractivity contribution in [3.05, 3.63) is 34.1 Å². The Morgan fingerprint density at radius 2 is 2.35 bits per heavy atom. The Morgan fingerprint density at radius 3 is 2.95 bits per heavy atom. The van der Waals surface area contributed by atoms with E-state index in [1.807, 2.05) is 24.9 Å². The van der Waals surface area contributed by atoms with Gasteiger partial charge in [-0.25, -0.2) is 4.98 Å². The molecular formula is C13H19N5OS. The maximum atomic E-state index is 4.83. The predicted octanol–water partition coefficient (Wildman–Crippen LogP) is 1.69. The van der Waals surface area contributed by atoms with Crippen molar-refractivity contribution < 1.29 is 4.52 Å². The minimum absolute atomic E-state index is 0.659. The van der Waals surface area contributed by atoms with Crippen LogP contribution in [0.15, 0.2) is 27.2 Å². The number of aliphatic imine (C=N–C) groups is 1. The van der Waals surface area contributed by atoms with Crippen molar-refractivity contribution in [2.45, 2.75) is 19.9 Å². The minimum Gasteiger partial charge on any atom is -0.364 e. The molecule has 2 aromatic rings. The fourth-order valence-electron chi connectivity index (χ4n) is 1.85. The molecule has 2 heterocycles. The van der Waals surface area contributed by atoms with E-state index in [0.717, 1.165) is 35.3 Å². The first-order chi connectivity index (χ1) is 9.69. The third kappa shape index (κ3) is 4.06. The molecule has 2 rings (SSSR count). The van der Waals surface area contributed by atoms with Crippen LogP contribution in [-0.4, -0.2) is 41.6 Å². The molecule has 6 nitrogen and oxygen atoms in total. The Bertz CT molecular complexity index is 549. The number of hydrogen-bond acceptors (Lipinski definition) is 5. The zero-order valence-corrected chi connectivity index (χ0v) is 12.8. The quantitative estimate of drug-likeness (QED) is 0.671. The Hall–Kier alpha value is -1.89. The molecule has 0 spiro atoms. The van der Waals surface area contributed by atoms with Crippen molar-refractivity contribution in [3.8, 4) is 0 Å². The molecule has 0 aromatic carbocycles. The molecule has 20 heavy (non-hydrogen) atoms. The number of aromatic nitrogens is 2. The van der Waals surface area contributed by atoms with Gasteiger partial charge in [-0.2, -0.15) is 0 Å². The summed E-state index contributed by atoms with van der Waals surface area (Å²) in [5.41, 5.74) is 2.00. The van der Waals surface area contributed by atoms with Crippen LogP contribution >= 0.6 is 11.3 Å². The van der Waals surface area contributed by atoms with Gasteiger partial charge in [-0.3, -0.25) is 4.99 Å². The molecule has 0 saturated heterocycles. The van der Waals surface area contributed by atoms with E-state index in [1.165, 1.54) is 0 Å². The second kappa shape index (κ2) is 7.04. The van der Waals surface area contributed by atoms with Crippen LogP contribution in [0.5, 0.6) is 0 Å². The van der Waals surface area contributed by atoms with Crippen molar-refractivity contribution in [1.29, 1.82) is 0 Å². The minimum atomic E-state index is 0.659. The molecule has 0 amide bonds. The van der Waals surface area contributed by atoms with Gasteiger partial charge in [0.1, 0.15) is 12.0 Å². The highest BCUT2D eigenvalue weighted by Crippen LogP contribution is 2.07. The number of guanidine groups is 1. The predicted molar refractivity (Wildman–Crippen MR) is 79.9 cm³/mol. The van der Waals surface area contributed by atoms with E-state index >= 15 is 0 Å². The molecule has 0 aliphatic heterocycles. The van der Waals surface area contributed by atoms with Crippen molar-refractivity contribution in [1.82, 2.24) is 20.4 Å². The second-order valence-electron chi connectivity index (χ2n) is 4.43. The highest BCUT2D eigenvalue weighted by atomic mass is 32.1. The van der Waals surface area contributed by atoms with Gasteiger partial charge < -0.3 is 14.7 Å². The summed E-state index contributed by atoms with van der Waals surface area (Å²) in [5, 5.41) is 10.4. The fraction of sp³-hybridized carbons (Fsp3) is 0.462. The van der Waals surface area contributed by atoms with E-state index in [2.05, 4.69) is 25.8 Å². The summed E-state index contributed by atoms with van der Waals surface area (Å²) in [6, 6.07) is 1.85. The SMILES string of the molecule is CN=C(NCCc1csc(C)n1)N(C)Cc1ccon1. The summed E-state index contributed by atoms with van der Waals surface area (Å²) in [4.78, 5) is 10.7. The third-order valence-electron chi connectivity index (χ3n) is 2.79. The van der Waals surface area contributed by atoms with Crippen LogP contribution < -0.4 is 5.32 Å². The average molecular weight is 293 g/mol. The lowest BCUT2D eigenvalue weighted by atomic mass is 10.3. The zero-order chi connectivity index (χ0) is 14.4. The van der Waals surface area contributed by atoms with Crippen LogP contribution in [0.2, 0.25) is 0 Å². The lowest BCUT2D eigenvalue weighted by Gasteiger charge is -2.20. The van der Waals surface area contributed by atoms with Crippen molar-refractivity contribution in [2.24, 2.45) is 4.99 Å². The van der Waals surface area contributed by atoms with E-state index in [0.29, 0.717) is 6.54 Å². The van der Waals surface area contributed by atoms with E-state index in [-0.39, 0.29) is 0 Å². The number of nitrogens with one attached hydrogen (secondary N) is 1. The number of aryl methyl sites for hydroxylation is 1. The van der Waals surface area contributed by atoms with Crippen molar-refractivity contribution in [3.63, 3.8) is 0 Å². The van der Waals surface area contributed by atoms with E-state index in [1.54, 1.807) is 24.6 Å². The smallest absolute Gasteiger partial charge is 0.193 e. The number of nitrogens with zero attached hydrogens (tertiary/aromatic N) is 4. The first kappa shape index (κ1) is 14.5. The molecule has 0 saturated carbocycles. The Morgan fingerprint density at radius 1 is 1.50 bits per heavy atom. The molecule has 0 aliphatic carbocycles. The average Bonchev–Trinajstić information content (AvgIpc) is 3.06. The summed E-state index contributed by atoms with van der Waals surface area (Å²) in [6.07, 6.45) is 2.46. The molecule has 1 N–H and O–H groups in total. The molecule has 0 unspecified atom stereocenters. The summed E-state index contributed by atoms with van der Waals surface area (Å²) >= 11 is 1.68. The first-order valence-electron chi connectivity index (χ1n) is 6.41. The molecular weight excluding hydrogens is 274 g/mol. The van der Waals surface area contributed by atoms with Crippen molar-refractivity contribution in [2.75, 3.05) is 20.6 Å². The summed E-state index contributed by atoms with van der Waals surface area (Å²) in [6.45, 7) is 3.48.